The van der Waals surface area contributed by atoms with Crippen molar-refractivity contribution in [2.24, 2.45) is 0 Å². The van der Waals surface area contributed by atoms with E-state index in [0.29, 0.717) is 6.42 Å². The van der Waals surface area contributed by atoms with Crippen molar-refractivity contribution >= 4 is 5.97 Å². The van der Waals surface area contributed by atoms with Gasteiger partial charge in [0.2, 0.25) is 0 Å². The van der Waals surface area contributed by atoms with Gasteiger partial charge in [0, 0.05) is 6.42 Å². The van der Waals surface area contributed by atoms with E-state index in [9.17, 15) is 4.79 Å². The molecule has 2 nitrogen and oxygen atoms in total. The monoisotopic (exact) mass is 254 g/mol. The van der Waals surface area contributed by atoms with Crippen LogP contribution in [0.4, 0.5) is 0 Å². The minimum Gasteiger partial charge on any atom is -0.481 e. The second-order valence-electron chi connectivity index (χ2n) is 4.70. The first-order chi connectivity index (χ1) is 9.24. The standard InChI is InChI=1S/C17H18O2/c18-17(19)13-12-16-10-8-15(9-11-16)7-6-14-4-2-1-3-5-14/h1-5,8-11H,6-7,12-13H2,(H,18,19). The van der Waals surface area contributed by atoms with Gasteiger partial charge >= 0.3 is 5.97 Å². The molecule has 0 aliphatic rings. The van der Waals surface area contributed by atoms with Gasteiger partial charge in [-0.25, -0.2) is 0 Å². The summed E-state index contributed by atoms with van der Waals surface area (Å²) in [7, 11) is 0. The molecule has 0 radical (unpaired) electrons. The number of aryl methyl sites for hydroxylation is 3. The number of carbonyl (C=O) groups is 1. The summed E-state index contributed by atoms with van der Waals surface area (Å²) in [5, 5.41) is 8.64. The summed E-state index contributed by atoms with van der Waals surface area (Å²) in [4.78, 5) is 10.5. The molecular weight excluding hydrogens is 236 g/mol. The third-order valence-corrected chi connectivity index (χ3v) is 3.20. The molecule has 2 aromatic rings. The molecule has 0 aliphatic carbocycles. The maximum Gasteiger partial charge on any atom is 0.303 e. The van der Waals surface area contributed by atoms with Crippen LogP contribution >= 0.6 is 0 Å². The van der Waals surface area contributed by atoms with Crippen LogP contribution in [-0.4, -0.2) is 11.1 Å². The van der Waals surface area contributed by atoms with Gasteiger partial charge in [-0.15, -0.1) is 0 Å². The Morgan fingerprint density at radius 3 is 1.74 bits per heavy atom. The molecule has 0 amide bonds. The van der Waals surface area contributed by atoms with Crippen LogP contribution < -0.4 is 0 Å². The largest absolute Gasteiger partial charge is 0.481 e. The van der Waals surface area contributed by atoms with Crippen LogP contribution in [0, 0.1) is 0 Å². The molecule has 1 N–H and O–H groups in total. The lowest BCUT2D eigenvalue weighted by molar-refractivity contribution is -0.136. The van der Waals surface area contributed by atoms with Gasteiger partial charge in [-0.1, -0.05) is 54.6 Å². The first-order valence-corrected chi connectivity index (χ1v) is 6.57. The van der Waals surface area contributed by atoms with Crippen molar-refractivity contribution < 1.29 is 9.90 Å². The lowest BCUT2D eigenvalue weighted by atomic mass is 10.0. The molecule has 2 aromatic carbocycles. The number of aliphatic carboxylic acids is 1. The van der Waals surface area contributed by atoms with Crippen molar-refractivity contribution in [1.82, 2.24) is 0 Å². The van der Waals surface area contributed by atoms with E-state index in [1.165, 1.54) is 11.1 Å². The number of hydrogen-bond acceptors (Lipinski definition) is 1. The molecular formula is C17H18O2. The first kappa shape index (κ1) is 13.3. The summed E-state index contributed by atoms with van der Waals surface area (Å²) in [5.74, 6) is -0.742. The van der Waals surface area contributed by atoms with Gasteiger partial charge < -0.3 is 5.11 Å². The lowest BCUT2D eigenvalue weighted by Crippen LogP contribution is -1.97. The van der Waals surface area contributed by atoms with E-state index in [1.54, 1.807) is 0 Å². The zero-order valence-corrected chi connectivity index (χ0v) is 10.9. The Morgan fingerprint density at radius 1 is 0.737 bits per heavy atom. The predicted molar refractivity (Wildman–Crippen MR) is 76.2 cm³/mol. The van der Waals surface area contributed by atoms with Gasteiger partial charge in [-0.2, -0.15) is 0 Å². The minimum absolute atomic E-state index is 0.198. The van der Waals surface area contributed by atoms with Crippen molar-refractivity contribution in [1.29, 1.82) is 0 Å². The Balaban J connectivity index is 1.86. The highest BCUT2D eigenvalue weighted by atomic mass is 16.4. The topological polar surface area (TPSA) is 37.3 Å². The fourth-order valence-electron chi connectivity index (χ4n) is 2.06. The second-order valence-corrected chi connectivity index (χ2v) is 4.70. The van der Waals surface area contributed by atoms with Gasteiger partial charge in [0.25, 0.3) is 0 Å². The fraction of sp³-hybridized carbons (Fsp3) is 0.235. The molecule has 0 bridgehead atoms. The summed E-state index contributed by atoms with van der Waals surface area (Å²) in [6.07, 6.45) is 2.86. The number of benzene rings is 2. The molecule has 0 saturated carbocycles. The van der Waals surface area contributed by atoms with Gasteiger partial charge in [0.1, 0.15) is 0 Å². The Labute approximate surface area is 113 Å². The van der Waals surface area contributed by atoms with Crippen LogP contribution in [0.1, 0.15) is 23.1 Å². The third kappa shape index (κ3) is 4.59. The molecule has 0 aliphatic heterocycles. The zero-order valence-electron chi connectivity index (χ0n) is 10.9. The van der Waals surface area contributed by atoms with Gasteiger partial charge in [-0.3, -0.25) is 4.79 Å². The van der Waals surface area contributed by atoms with Crippen molar-refractivity contribution in [3.8, 4) is 0 Å². The third-order valence-electron chi connectivity index (χ3n) is 3.20. The Hall–Kier alpha value is -2.09. The number of rotatable bonds is 6. The van der Waals surface area contributed by atoms with Crippen molar-refractivity contribution in [3.05, 3.63) is 71.3 Å². The SMILES string of the molecule is O=C(O)CCc1ccc(CCc2ccccc2)cc1. The summed E-state index contributed by atoms with van der Waals surface area (Å²) in [5.41, 5.74) is 3.73. The molecule has 98 valence electrons. The van der Waals surface area contributed by atoms with E-state index in [4.69, 9.17) is 5.11 Å². The van der Waals surface area contributed by atoms with Gasteiger partial charge in [0.05, 0.1) is 0 Å². The molecule has 2 heteroatoms. The van der Waals surface area contributed by atoms with Crippen LogP contribution in [-0.2, 0) is 24.1 Å². The van der Waals surface area contributed by atoms with E-state index in [0.717, 1.165) is 18.4 Å². The van der Waals surface area contributed by atoms with Gasteiger partial charge in [0.15, 0.2) is 0 Å². The summed E-state index contributed by atoms with van der Waals surface area (Å²) < 4.78 is 0. The van der Waals surface area contributed by atoms with E-state index >= 15 is 0 Å². The summed E-state index contributed by atoms with van der Waals surface area (Å²) >= 11 is 0. The second kappa shape index (κ2) is 6.74. The summed E-state index contributed by atoms with van der Waals surface area (Å²) in [6, 6.07) is 18.7. The van der Waals surface area contributed by atoms with Crippen LogP contribution in [0.5, 0.6) is 0 Å². The van der Waals surface area contributed by atoms with Gasteiger partial charge in [-0.05, 0) is 36.0 Å². The first-order valence-electron chi connectivity index (χ1n) is 6.57. The van der Waals surface area contributed by atoms with Crippen LogP contribution in [0.15, 0.2) is 54.6 Å². The van der Waals surface area contributed by atoms with Crippen molar-refractivity contribution in [2.45, 2.75) is 25.7 Å². The molecule has 0 spiro atoms. The van der Waals surface area contributed by atoms with E-state index < -0.39 is 5.97 Å². The van der Waals surface area contributed by atoms with E-state index in [-0.39, 0.29) is 6.42 Å². The Kier molecular flexibility index (Phi) is 4.73. The average Bonchev–Trinajstić information content (AvgIpc) is 2.45. The molecule has 0 fully saturated rings. The highest BCUT2D eigenvalue weighted by Crippen LogP contribution is 2.10. The highest BCUT2D eigenvalue weighted by Gasteiger charge is 2.00. The molecule has 2 rings (SSSR count). The zero-order chi connectivity index (χ0) is 13.5. The Morgan fingerprint density at radius 2 is 1.21 bits per heavy atom. The highest BCUT2D eigenvalue weighted by molar-refractivity contribution is 5.67. The van der Waals surface area contributed by atoms with Crippen LogP contribution in [0.3, 0.4) is 0 Å². The average molecular weight is 254 g/mol. The maximum absolute atomic E-state index is 10.5. The Bertz CT molecular complexity index is 515. The maximum atomic E-state index is 10.5. The molecule has 0 unspecified atom stereocenters. The molecule has 0 heterocycles. The van der Waals surface area contributed by atoms with Crippen LogP contribution in [0.2, 0.25) is 0 Å². The fourth-order valence-corrected chi connectivity index (χ4v) is 2.06. The minimum atomic E-state index is -0.742. The van der Waals surface area contributed by atoms with Crippen molar-refractivity contribution in [3.63, 3.8) is 0 Å². The molecule has 0 aromatic heterocycles. The van der Waals surface area contributed by atoms with E-state index in [2.05, 4.69) is 36.4 Å². The van der Waals surface area contributed by atoms with Crippen LogP contribution in [0.25, 0.3) is 0 Å². The van der Waals surface area contributed by atoms with Crippen molar-refractivity contribution in [2.75, 3.05) is 0 Å². The lowest BCUT2D eigenvalue weighted by Gasteiger charge is -2.04. The molecule has 19 heavy (non-hydrogen) atoms. The molecule has 0 saturated heterocycles. The quantitative estimate of drug-likeness (QED) is 0.856. The molecule has 0 atom stereocenters. The summed E-state index contributed by atoms with van der Waals surface area (Å²) in [6.45, 7) is 0. The van der Waals surface area contributed by atoms with E-state index in [1.807, 2.05) is 18.2 Å². The number of carboxylic acid groups (broad SMARTS) is 1. The normalized spacial score (nSPS) is 10.3. The predicted octanol–water partition coefficient (Wildman–Crippen LogP) is 3.49. The smallest absolute Gasteiger partial charge is 0.303 e. The number of carboxylic acids is 1. The number of hydrogen-bond donors (Lipinski definition) is 1.